The summed E-state index contributed by atoms with van der Waals surface area (Å²) in [5.41, 5.74) is 5.85. The molecule has 1 N–H and O–H groups in total. The van der Waals surface area contributed by atoms with Gasteiger partial charge in [-0.25, -0.2) is 4.98 Å². The molecule has 28 heavy (non-hydrogen) atoms. The Labute approximate surface area is 171 Å². The fourth-order valence-corrected chi connectivity index (χ4v) is 4.22. The normalized spacial score (nSPS) is 11.6. The molecule has 4 rings (SSSR count). The van der Waals surface area contributed by atoms with E-state index in [2.05, 4.69) is 81.2 Å². The topological polar surface area (TPSA) is 28.7 Å². The van der Waals surface area contributed by atoms with Crippen molar-refractivity contribution in [3.63, 3.8) is 0 Å². The smallest absolute Gasteiger partial charge is 0.124 e. The number of hydrogen-bond donors (Lipinski definition) is 1. The van der Waals surface area contributed by atoms with Gasteiger partial charge in [-0.15, -0.1) is 11.3 Å². The third kappa shape index (κ3) is 4.10. The van der Waals surface area contributed by atoms with E-state index in [0.29, 0.717) is 0 Å². The van der Waals surface area contributed by atoms with Crippen molar-refractivity contribution in [2.45, 2.75) is 41.0 Å². The van der Waals surface area contributed by atoms with Gasteiger partial charge in [0.2, 0.25) is 0 Å². The minimum atomic E-state index is 1.05. The molecule has 2 aromatic heterocycles. The van der Waals surface area contributed by atoms with Gasteiger partial charge in [0.05, 0.1) is 10.2 Å². The predicted octanol–water partition coefficient (Wildman–Crippen LogP) is 8.27. The first-order valence-electron chi connectivity index (χ1n) is 9.87. The van der Waals surface area contributed by atoms with Gasteiger partial charge < -0.3 is 4.98 Å². The first-order chi connectivity index (χ1) is 13.6. The van der Waals surface area contributed by atoms with E-state index in [0.717, 1.165) is 16.0 Å². The summed E-state index contributed by atoms with van der Waals surface area (Å²) in [5.74, 6) is 0. The molecule has 2 aromatic carbocycles. The quantitative estimate of drug-likeness (QED) is 0.351. The molecule has 0 saturated carbocycles. The summed E-state index contributed by atoms with van der Waals surface area (Å²) in [6.07, 6.45) is 9.55. The number of nitrogens with zero attached hydrogens (tertiary/aromatic N) is 1. The third-order valence-electron chi connectivity index (χ3n) is 4.35. The van der Waals surface area contributed by atoms with Crippen LogP contribution in [0.25, 0.3) is 37.6 Å². The Morgan fingerprint density at radius 3 is 2.50 bits per heavy atom. The summed E-state index contributed by atoms with van der Waals surface area (Å²) in [4.78, 5) is 8.40. The van der Waals surface area contributed by atoms with Crippen LogP contribution in [0.1, 0.15) is 46.0 Å². The standard InChI is InChI=1S/C22H20N2S.C3H8/c1-4-5-6-9-15(14(2)3)22-24-20-13-19-17(12-21(20)25-22)16-10-7-8-11-18(16)23-19;1-3-2/h4-13,23H,1-3H3;3H2,1-2H3/b5-4-,9-6-;. The lowest BCUT2D eigenvalue weighted by atomic mass is 10.1. The summed E-state index contributed by atoms with van der Waals surface area (Å²) >= 11 is 1.76. The molecule has 0 unspecified atom stereocenters. The van der Waals surface area contributed by atoms with Gasteiger partial charge >= 0.3 is 0 Å². The van der Waals surface area contributed by atoms with E-state index < -0.39 is 0 Å². The van der Waals surface area contributed by atoms with Crippen LogP contribution in [0.2, 0.25) is 0 Å². The zero-order valence-corrected chi connectivity index (χ0v) is 18.2. The number of allylic oxidation sites excluding steroid dienone is 6. The summed E-state index contributed by atoms with van der Waals surface area (Å²) in [7, 11) is 0. The second kappa shape index (κ2) is 9.03. The molecular weight excluding hydrogens is 360 g/mol. The van der Waals surface area contributed by atoms with Crippen LogP contribution in [0.5, 0.6) is 0 Å². The van der Waals surface area contributed by atoms with E-state index in [-0.39, 0.29) is 0 Å². The maximum absolute atomic E-state index is 4.90. The van der Waals surface area contributed by atoms with Gasteiger partial charge in [-0.05, 0) is 39.0 Å². The Hall–Kier alpha value is -2.65. The lowest BCUT2D eigenvalue weighted by Crippen LogP contribution is -1.82. The zero-order chi connectivity index (χ0) is 20.1. The van der Waals surface area contributed by atoms with E-state index in [1.807, 2.05) is 19.1 Å². The molecular formula is C25H28N2S. The Morgan fingerprint density at radius 2 is 1.79 bits per heavy atom. The van der Waals surface area contributed by atoms with Crippen molar-refractivity contribution in [1.82, 2.24) is 9.97 Å². The van der Waals surface area contributed by atoms with E-state index in [4.69, 9.17) is 4.98 Å². The van der Waals surface area contributed by atoms with Crippen molar-refractivity contribution in [2.24, 2.45) is 0 Å². The van der Waals surface area contributed by atoms with Crippen molar-refractivity contribution in [2.75, 3.05) is 0 Å². The van der Waals surface area contributed by atoms with Gasteiger partial charge in [-0.1, -0.05) is 68.3 Å². The van der Waals surface area contributed by atoms with Crippen LogP contribution in [-0.4, -0.2) is 9.97 Å². The molecule has 0 radical (unpaired) electrons. The van der Waals surface area contributed by atoms with Crippen molar-refractivity contribution >= 4 is 48.9 Å². The van der Waals surface area contributed by atoms with Crippen LogP contribution >= 0.6 is 11.3 Å². The molecule has 0 aliphatic heterocycles. The Balaban J connectivity index is 0.000000706. The number of para-hydroxylation sites is 1. The predicted molar refractivity (Wildman–Crippen MR) is 127 cm³/mol. The summed E-state index contributed by atoms with van der Waals surface area (Å²) in [6, 6.07) is 12.9. The second-order valence-corrected chi connectivity index (χ2v) is 8.09. The molecule has 144 valence electrons. The maximum atomic E-state index is 4.90. The molecule has 4 aromatic rings. The molecule has 2 nitrogen and oxygen atoms in total. The zero-order valence-electron chi connectivity index (χ0n) is 17.3. The number of thiazole rings is 1. The molecule has 2 heterocycles. The highest BCUT2D eigenvalue weighted by Crippen LogP contribution is 2.34. The highest BCUT2D eigenvalue weighted by atomic mass is 32.1. The molecule has 0 bridgehead atoms. The van der Waals surface area contributed by atoms with Gasteiger partial charge in [-0.2, -0.15) is 0 Å². The van der Waals surface area contributed by atoms with Crippen molar-refractivity contribution < 1.29 is 0 Å². The number of fused-ring (bicyclic) bond motifs is 4. The average molecular weight is 389 g/mol. The molecule has 0 saturated heterocycles. The van der Waals surface area contributed by atoms with Crippen molar-refractivity contribution in [1.29, 1.82) is 0 Å². The number of benzene rings is 2. The number of hydrogen-bond acceptors (Lipinski definition) is 2. The van der Waals surface area contributed by atoms with Crippen LogP contribution in [0.3, 0.4) is 0 Å². The molecule has 3 heteroatoms. The fraction of sp³-hybridized carbons (Fsp3) is 0.240. The molecule has 0 fully saturated rings. The third-order valence-corrected chi connectivity index (χ3v) is 5.40. The molecule has 0 atom stereocenters. The number of H-pyrrole nitrogens is 1. The lowest BCUT2D eigenvalue weighted by molar-refractivity contribution is 1.09. The van der Waals surface area contributed by atoms with Gasteiger partial charge in [-0.3, -0.25) is 0 Å². The highest BCUT2D eigenvalue weighted by Gasteiger charge is 2.11. The van der Waals surface area contributed by atoms with E-state index in [9.17, 15) is 0 Å². The number of nitrogens with one attached hydrogen (secondary N) is 1. The number of aromatic nitrogens is 2. The summed E-state index contributed by atoms with van der Waals surface area (Å²) < 4.78 is 1.23. The first-order valence-corrected chi connectivity index (χ1v) is 10.7. The Morgan fingerprint density at radius 1 is 1.04 bits per heavy atom. The van der Waals surface area contributed by atoms with Gasteiger partial charge in [0.25, 0.3) is 0 Å². The molecule has 0 aliphatic rings. The number of rotatable bonds is 3. The van der Waals surface area contributed by atoms with Crippen LogP contribution in [0.4, 0.5) is 0 Å². The van der Waals surface area contributed by atoms with Crippen LogP contribution in [0.15, 0.2) is 66.3 Å². The van der Waals surface area contributed by atoms with Gasteiger partial charge in [0.1, 0.15) is 5.01 Å². The number of aromatic amines is 1. The Bertz CT molecular complexity index is 1180. The van der Waals surface area contributed by atoms with Crippen LogP contribution in [-0.2, 0) is 0 Å². The van der Waals surface area contributed by atoms with E-state index in [1.165, 1.54) is 38.6 Å². The largest absolute Gasteiger partial charge is 0.354 e. The summed E-state index contributed by atoms with van der Waals surface area (Å²) in [6.45, 7) is 10.6. The monoisotopic (exact) mass is 388 g/mol. The highest BCUT2D eigenvalue weighted by molar-refractivity contribution is 7.19. The van der Waals surface area contributed by atoms with Crippen LogP contribution in [0, 0.1) is 0 Å². The SMILES string of the molecule is C/C=C\C=C/C(=C(C)C)c1nc2cc3[nH]c4ccccc4c3cc2s1.CCC. The first kappa shape index (κ1) is 20.1. The minimum absolute atomic E-state index is 1.05. The second-order valence-electron chi connectivity index (χ2n) is 7.06. The average Bonchev–Trinajstić information content (AvgIpc) is 3.23. The minimum Gasteiger partial charge on any atom is -0.354 e. The van der Waals surface area contributed by atoms with Gasteiger partial charge in [0.15, 0.2) is 0 Å². The summed E-state index contributed by atoms with van der Waals surface area (Å²) in [5, 5.41) is 3.61. The van der Waals surface area contributed by atoms with E-state index in [1.54, 1.807) is 11.3 Å². The van der Waals surface area contributed by atoms with Gasteiger partial charge in [0, 0.05) is 27.4 Å². The van der Waals surface area contributed by atoms with Crippen molar-refractivity contribution in [3.05, 3.63) is 71.3 Å². The van der Waals surface area contributed by atoms with Crippen LogP contribution < -0.4 is 0 Å². The molecule has 0 aliphatic carbocycles. The Kier molecular flexibility index (Phi) is 6.48. The van der Waals surface area contributed by atoms with E-state index >= 15 is 0 Å². The van der Waals surface area contributed by atoms with Crippen molar-refractivity contribution in [3.8, 4) is 0 Å². The fourth-order valence-electron chi connectivity index (χ4n) is 3.10. The molecule has 0 amide bonds. The lowest BCUT2D eigenvalue weighted by Gasteiger charge is -1.99. The maximum Gasteiger partial charge on any atom is 0.124 e. The molecule has 0 spiro atoms.